The summed E-state index contributed by atoms with van der Waals surface area (Å²) in [5, 5.41) is 12.8. The van der Waals surface area contributed by atoms with Gasteiger partial charge in [0, 0.05) is 12.2 Å². The number of nitrogens with one attached hydrogen (secondary N) is 1. The van der Waals surface area contributed by atoms with E-state index >= 15 is 0 Å². The SMILES string of the molecule is CC(C)C[C@@H]1OCCC[C@@H]1NC(=O)Cc1ccccc1O. The minimum atomic E-state index is -0.0549. The molecule has 1 aliphatic heterocycles. The minimum absolute atomic E-state index is 0.0549. The molecular formula is C17H25NO3. The van der Waals surface area contributed by atoms with Crippen molar-refractivity contribution in [2.24, 2.45) is 5.92 Å². The molecule has 1 aromatic rings. The Morgan fingerprint density at radius 3 is 2.90 bits per heavy atom. The summed E-state index contributed by atoms with van der Waals surface area (Å²) >= 11 is 0. The third-order valence-corrected chi connectivity index (χ3v) is 3.83. The molecule has 0 radical (unpaired) electrons. The summed E-state index contributed by atoms with van der Waals surface area (Å²) in [5.74, 6) is 0.665. The first-order valence-corrected chi connectivity index (χ1v) is 7.74. The van der Waals surface area contributed by atoms with Crippen LogP contribution in [0.1, 0.15) is 38.7 Å². The number of benzene rings is 1. The zero-order valence-corrected chi connectivity index (χ0v) is 12.8. The van der Waals surface area contributed by atoms with Crippen molar-refractivity contribution in [3.63, 3.8) is 0 Å². The van der Waals surface area contributed by atoms with Gasteiger partial charge >= 0.3 is 0 Å². The summed E-state index contributed by atoms with van der Waals surface area (Å²) in [6.45, 7) is 5.11. The number of ether oxygens (including phenoxy) is 1. The van der Waals surface area contributed by atoms with Crippen LogP contribution >= 0.6 is 0 Å². The average molecular weight is 291 g/mol. The highest BCUT2D eigenvalue weighted by atomic mass is 16.5. The van der Waals surface area contributed by atoms with E-state index in [1.165, 1.54) is 0 Å². The second kappa shape index (κ2) is 7.46. The molecule has 2 atom stereocenters. The predicted octanol–water partition coefficient (Wildman–Crippen LogP) is 2.64. The molecule has 0 spiro atoms. The molecule has 0 saturated carbocycles. The van der Waals surface area contributed by atoms with Gasteiger partial charge in [0.1, 0.15) is 5.75 Å². The van der Waals surface area contributed by atoms with Crippen LogP contribution in [0, 0.1) is 5.92 Å². The van der Waals surface area contributed by atoms with Gasteiger partial charge in [0.15, 0.2) is 0 Å². The monoisotopic (exact) mass is 291 g/mol. The minimum Gasteiger partial charge on any atom is -0.508 e. The maximum atomic E-state index is 12.2. The molecule has 116 valence electrons. The largest absolute Gasteiger partial charge is 0.508 e. The summed E-state index contributed by atoms with van der Waals surface area (Å²) in [6, 6.07) is 7.04. The fraction of sp³-hybridized carbons (Fsp3) is 0.588. The highest BCUT2D eigenvalue weighted by molar-refractivity contribution is 5.79. The van der Waals surface area contributed by atoms with E-state index in [0.29, 0.717) is 11.5 Å². The van der Waals surface area contributed by atoms with Crippen LogP contribution in [0.2, 0.25) is 0 Å². The number of carbonyl (C=O) groups is 1. The molecule has 1 aliphatic rings. The molecule has 1 amide bonds. The van der Waals surface area contributed by atoms with Gasteiger partial charge in [-0.15, -0.1) is 0 Å². The van der Waals surface area contributed by atoms with Crippen LogP contribution in [0.3, 0.4) is 0 Å². The molecule has 1 saturated heterocycles. The average Bonchev–Trinajstić information content (AvgIpc) is 2.43. The molecule has 1 aromatic carbocycles. The van der Waals surface area contributed by atoms with Gasteiger partial charge in [-0.05, 0) is 31.2 Å². The number of amides is 1. The van der Waals surface area contributed by atoms with Crippen LogP contribution in [0.4, 0.5) is 0 Å². The third kappa shape index (κ3) is 4.74. The van der Waals surface area contributed by atoms with E-state index in [1.54, 1.807) is 18.2 Å². The summed E-state index contributed by atoms with van der Waals surface area (Å²) in [5.41, 5.74) is 0.659. The standard InChI is InChI=1S/C17H25NO3/c1-12(2)10-16-14(7-5-9-21-16)18-17(20)11-13-6-3-4-8-15(13)19/h3-4,6,8,12,14,16,19H,5,7,9-11H2,1-2H3,(H,18,20)/t14-,16-/m0/s1. The van der Waals surface area contributed by atoms with Crippen molar-refractivity contribution < 1.29 is 14.6 Å². The van der Waals surface area contributed by atoms with Crippen molar-refractivity contribution in [2.75, 3.05) is 6.61 Å². The Labute approximate surface area is 126 Å². The molecule has 21 heavy (non-hydrogen) atoms. The van der Waals surface area contributed by atoms with Crippen molar-refractivity contribution in [3.05, 3.63) is 29.8 Å². The second-order valence-corrected chi connectivity index (χ2v) is 6.16. The van der Waals surface area contributed by atoms with E-state index in [0.717, 1.165) is 25.9 Å². The molecular weight excluding hydrogens is 266 g/mol. The number of hydrogen-bond donors (Lipinski definition) is 2. The van der Waals surface area contributed by atoms with Crippen LogP contribution in [-0.4, -0.2) is 29.8 Å². The Morgan fingerprint density at radius 1 is 1.43 bits per heavy atom. The van der Waals surface area contributed by atoms with Gasteiger partial charge in [-0.3, -0.25) is 4.79 Å². The van der Waals surface area contributed by atoms with Crippen molar-refractivity contribution in [3.8, 4) is 5.75 Å². The Kier molecular flexibility index (Phi) is 5.62. The van der Waals surface area contributed by atoms with E-state index in [2.05, 4.69) is 19.2 Å². The van der Waals surface area contributed by atoms with Gasteiger partial charge in [-0.25, -0.2) is 0 Å². The number of rotatable bonds is 5. The van der Waals surface area contributed by atoms with Crippen LogP contribution in [0.15, 0.2) is 24.3 Å². The second-order valence-electron chi connectivity index (χ2n) is 6.16. The van der Waals surface area contributed by atoms with Crippen LogP contribution in [0.5, 0.6) is 5.75 Å². The molecule has 4 heteroatoms. The molecule has 0 bridgehead atoms. The Hall–Kier alpha value is -1.55. The normalized spacial score (nSPS) is 22.2. The summed E-state index contributed by atoms with van der Waals surface area (Å²) < 4.78 is 5.81. The lowest BCUT2D eigenvalue weighted by molar-refractivity contribution is -0.123. The Balaban J connectivity index is 1.92. The summed E-state index contributed by atoms with van der Waals surface area (Å²) in [4.78, 5) is 12.2. The Bertz CT molecular complexity index is 473. The fourth-order valence-electron chi connectivity index (χ4n) is 2.79. The third-order valence-electron chi connectivity index (χ3n) is 3.83. The van der Waals surface area contributed by atoms with E-state index < -0.39 is 0 Å². The van der Waals surface area contributed by atoms with Crippen molar-refractivity contribution in [1.82, 2.24) is 5.32 Å². The number of carbonyl (C=O) groups excluding carboxylic acids is 1. The topological polar surface area (TPSA) is 58.6 Å². The van der Waals surface area contributed by atoms with E-state index in [4.69, 9.17) is 4.74 Å². The highest BCUT2D eigenvalue weighted by Crippen LogP contribution is 2.21. The zero-order valence-electron chi connectivity index (χ0n) is 12.8. The Morgan fingerprint density at radius 2 is 2.19 bits per heavy atom. The first-order chi connectivity index (χ1) is 10.1. The number of phenolic OH excluding ortho intramolecular Hbond substituents is 1. The van der Waals surface area contributed by atoms with Crippen molar-refractivity contribution in [2.45, 2.75) is 51.7 Å². The zero-order chi connectivity index (χ0) is 15.2. The fourth-order valence-corrected chi connectivity index (χ4v) is 2.79. The molecule has 0 unspecified atom stereocenters. The molecule has 4 nitrogen and oxygen atoms in total. The lowest BCUT2D eigenvalue weighted by atomic mass is 9.94. The molecule has 2 rings (SSSR count). The number of phenols is 1. The van der Waals surface area contributed by atoms with Crippen molar-refractivity contribution in [1.29, 1.82) is 0 Å². The molecule has 0 aliphatic carbocycles. The van der Waals surface area contributed by atoms with E-state index in [1.807, 2.05) is 6.07 Å². The van der Waals surface area contributed by atoms with Gasteiger partial charge in [-0.1, -0.05) is 32.0 Å². The predicted molar refractivity (Wildman–Crippen MR) is 82.2 cm³/mol. The highest BCUT2D eigenvalue weighted by Gasteiger charge is 2.27. The molecule has 2 N–H and O–H groups in total. The number of aromatic hydroxyl groups is 1. The summed E-state index contributed by atoms with van der Waals surface area (Å²) in [6.07, 6.45) is 3.21. The molecule has 1 fully saturated rings. The van der Waals surface area contributed by atoms with Crippen LogP contribution in [-0.2, 0) is 16.0 Å². The lowest BCUT2D eigenvalue weighted by Crippen LogP contribution is -2.48. The molecule has 0 aromatic heterocycles. The number of para-hydroxylation sites is 1. The van der Waals surface area contributed by atoms with Gasteiger partial charge in [0.05, 0.1) is 18.6 Å². The van der Waals surface area contributed by atoms with Gasteiger partial charge in [-0.2, -0.15) is 0 Å². The first-order valence-electron chi connectivity index (χ1n) is 7.74. The quantitative estimate of drug-likeness (QED) is 0.877. The maximum Gasteiger partial charge on any atom is 0.224 e. The van der Waals surface area contributed by atoms with E-state index in [9.17, 15) is 9.90 Å². The van der Waals surface area contributed by atoms with Gasteiger partial charge in [0.25, 0.3) is 0 Å². The maximum absolute atomic E-state index is 12.2. The summed E-state index contributed by atoms with van der Waals surface area (Å²) in [7, 11) is 0. The van der Waals surface area contributed by atoms with Gasteiger partial charge in [0.2, 0.25) is 5.91 Å². The van der Waals surface area contributed by atoms with Gasteiger partial charge < -0.3 is 15.2 Å². The first kappa shape index (κ1) is 15.8. The van der Waals surface area contributed by atoms with E-state index in [-0.39, 0.29) is 30.2 Å². The number of hydrogen-bond acceptors (Lipinski definition) is 3. The molecule has 1 heterocycles. The van der Waals surface area contributed by atoms with Crippen molar-refractivity contribution >= 4 is 5.91 Å². The van der Waals surface area contributed by atoms with Crippen LogP contribution in [0.25, 0.3) is 0 Å². The smallest absolute Gasteiger partial charge is 0.224 e. The van der Waals surface area contributed by atoms with Crippen LogP contribution < -0.4 is 5.32 Å². The lowest BCUT2D eigenvalue weighted by Gasteiger charge is -2.33.